The van der Waals surface area contributed by atoms with Crippen LogP contribution in [-0.2, 0) is 9.59 Å². The van der Waals surface area contributed by atoms with E-state index in [1.807, 2.05) is 13.0 Å². The van der Waals surface area contributed by atoms with Gasteiger partial charge in [0.25, 0.3) is 0 Å². The minimum Gasteiger partial charge on any atom is -0.550 e. The van der Waals surface area contributed by atoms with Gasteiger partial charge in [-0.25, -0.2) is 0 Å². The van der Waals surface area contributed by atoms with E-state index in [2.05, 4.69) is 5.32 Å². The van der Waals surface area contributed by atoms with Crippen LogP contribution in [0.1, 0.15) is 19.8 Å². The standard InChI is InChI=1S/C16H19NO4/c1-10-3-8-13(16(19)20)14(9-10)15(18)17-11-4-6-12(21-2)7-5-11/h3-7,13-14H,8-9H2,1-2H3,(H,17,18)(H,19,20)/p-1/t13-,14+/m0/s1. The number of carboxylic acids is 1. The van der Waals surface area contributed by atoms with Crippen LogP contribution in [0, 0.1) is 11.8 Å². The first-order valence-electron chi connectivity index (χ1n) is 6.82. The molecule has 0 spiro atoms. The van der Waals surface area contributed by atoms with E-state index in [0.29, 0.717) is 24.3 Å². The van der Waals surface area contributed by atoms with E-state index in [1.165, 1.54) is 0 Å². The van der Waals surface area contributed by atoms with Crippen molar-refractivity contribution in [2.24, 2.45) is 11.8 Å². The number of anilines is 1. The monoisotopic (exact) mass is 288 g/mol. The summed E-state index contributed by atoms with van der Waals surface area (Å²) in [5, 5.41) is 13.9. The predicted molar refractivity (Wildman–Crippen MR) is 76.6 cm³/mol. The van der Waals surface area contributed by atoms with E-state index in [0.717, 1.165) is 5.57 Å². The summed E-state index contributed by atoms with van der Waals surface area (Å²) in [5.41, 5.74) is 1.65. The number of aliphatic carboxylic acids is 1. The Labute approximate surface area is 123 Å². The van der Waals surface area contributed by atoms with Crippen molar-refractivity contribution in [2.75, 3.05) is 12.4 Å². The lowest BCUT2D eigenvalue weighted by atomic mass is 9.79. The first-order chi connectivity index (χ1) is 10.0. The third kappa shape index (κ3) is 3.62. The molecule has 112 valence electrons. The average molecular weight is 288 g/mol. The Balaban J connectivity index is 2.10. The molecule has 0 radical (unpaired) electrons. The van der Waals surface area contributed by atoms with E-state index in [9.17, 15) is 14.7 Å². The van der Waals surface area contributed by atoms with Crippen LogP contribution >= 0.6 is 0 Å². The van der Waals surface area contributed by atoms with Crippen molar-refractivity contribution in [3.8, 4) is 5.75 Å². The highest BCUT2D eigenvalue weighted by atomic mass is 16.5. The molecule has 0 saturated carbocycles. The van der Waals surface area contributed by atoms with Gasteiger partial charge in [-0.1, -0.05) is 11.6 Å². The number of benzene rings is 1. The van der Waals surface area contributed by atoms with Crippen molar-refractivity contribution in [1.82, 2.24) is 0 Å². The molecule has 1 aliphatic rings. The lowest BCUT2D eigenvalue weighted by Crippen LogP contribution is -2.42. The molecular weight excluding hydrogens is 270 g/mol. The van der Waals surface area contributed by atoms with E-state index in [-0.39, 0.29) is 5.91 Å². The van der Waals surface area contributed by atoms with Gasteiger partial charge in [0, 0.05) is 17.6 Å². The Morgan fingerprint density at radius 3 is 2.48 bits per heavy atom. The van der Waals surface area contributed by atoms with Crippen LogP contribution in [0.2, 0.25) is 0 Å². The summed E-state index contributed by atoms with van der Waals surface area (Å²) in [4.78, 5) is 23.5. The molecule has 0 heterocycles. The minimum atomic E-state index is -1.17. The fourth-order valence-electron chi connectivity index (χ4n) is 2.51. The Hall–Kier alpha value is -2.30. The van der Waals surface area contributed by atoms with Crippen LogP contribution in [0.25, 0.3) is 0 Å². The van der Waals surface area contributed by atoms with Gasteiger partial charge in [-0.05, 0) is 44.0 Å². The first-order valence-corrected chi connectivity index (χ1v) is 6.82. The van der Waals surface area contributed by atoms with Crippen molar-refractivity contribution in [3.63, 3.8) is 0 Å². The zero-order chi connectivity index (χ0) is 15.4. The fraction of sp³-hybridized carbons (Fsp3) is 0.375. The summed E-state index contributed by atoms with van der Waals surface area (Å²) >= 11 is 0. The average Bonchev–Trinajstić information content (AvgIpc) is 2.47. The molecule has 1 aromatic carbocycles. The predicted octanol–water partition coefficient (Wildman–Crippen LogP) is 1.36. The molecule has 0 fully saturated rings. The normalized spacial score (nSPS) is 21.3. The third-order valence-electron chi connectivity index (χ3n) is 3.74. The maximum atomic E-state index is 12.3. The second kappa shape index (κ2) is 6.43. The van der Waals surface area contributed by atoms with Gasteiger partial charge < -0.3 is 20.0 Å². The van der Waals surface area contributed by atoms with Gasteiger partial charge in [-0.3, -0.25) is 4.79 Å². The molecule has 0 unspecified atom stereocenters. The topological polar surface area (TPSA) is 78.5 Å². The van der Waals surface area contributed by atoms with Crippen molar-refractivity contribution in [2.45, 2.75) is 19.8 Å². The maximum Gasteiger partial charge on any atom is 0.228 e. The molecular formula is C16H18NO4-. The van der Waals surface area contributed by atoms with Gasteiger partial charge >= 0.3 is 0 Å². The van der Waals surface area contributed by atoms with Gasteiger partial charge in [0.15, 0.2) is 0 Å². The van der Waals surface area contributed by atoms with Crippen molar-refractivity contribution in [1.29, 1.82) is 0 Å². The number of carbonyl (C=O) groups excluding carboxylic acids is 2. The summed E-state index contributed by atoms with van der Waals surface area (Å²) in [5.74, 6) is -2.14. The zero-order valence-electron chi connectivity index (χ0n) is 12.1. The number of hydrogen-bond acceptors (Lipinski definition) is 4. The minimum absolute atomic E-state index is 0.290. The second-order valence-corrected chi connectivity index (χ2v) is 5.24. The second-order valence-electron chi connectivity index (χ2n) is 5.24. The highest BCUT2D eigenvalue weighted by Crippen LogP contribution is 2.30. The van der Waals surface area contributed by atoms with E-state index in [4.69, 9.17) is 4.74 Å². The van der Waals surface area contributed by atoms with Crippen LogP contribution < -0.4 is 15.2 Å². The molecule has 1 N–H and O–H groups in total. The number of hydrogen-bond donors (Lipinski definition) is 1. The maximum absolute atomic E-state index is 12.3. The van der Waals surface area contributed by atoms with Gasteiger partial charge in [0.05, 0.1) is 13.0 Å². The van der Waals surface area contributed by atoms with E-state index in [1.54, 1.807) is 31.4 Å². The summed E-state index contributed by atoms with van der Waals surface area (Å²) in [6.07, 6.45) is 2.65. The summed E-state index contributed by atoms with van der Waals surface area (Å²) in [7, 11) is 1.56. The highest BCUT2D eigenvalue weighted by molar-refractivity contribution is 5.95. The lowest BCUT2D eigenvalue weighted by Gasteiger charge is -2.30. The molecule has 5 heteroatoms. The van der Waals surface area contributed by atoms with Crippen LogP contribution in [0.15, 0.2) is 35.9 Å². The smallest absolute Gasteiger partial charge is 0.228 e. The number of rotatable bonds is 4. The lowest BCUT2D eigenvalue weighted by molar-refractivity contribution is -0.313. The number of carboxylic acid groups (broad SMARTS) is 1. The third-order valence-corrected chi connectivity index (χ3v) is 3.74. The number of ether oxygens (including phenoxy) is 1. The fourth-order valence-corrected chi connectivity index (χ4v) is 2.51. The quantitative estimate of drug-likeness (QED) is 0.848. The Morgan fingerprint density at radius 1 is 1.24 bits per heavy atom. The Bertz CT molecular complexity index is 562. The van der Waals surface area contributed by atoms with Crippen LogP contribution in [0.4, 0.5) is 5.69 Å². The number of nitrogens with one attached hydrogen (secondary N) is 1. The number of methoxy groups -OCH3 is 1. The number of allylic oxidation sites excluding steroid dienone is 2. The Kier molecular flexibility index (Phi) is 4.62. The molecule has 1 amide bonds. The van der Waals surface area contributed by atoms with Crippen LogP contribution in [-0.4, -0.2) is 19.0 Å². The van der Waals surface area contributed by atoms with Crippen LogP contribution in [0.3, 0.4) is 0 Å². The molecule has 2 rings (SSSR count). The Morgan fingerprint density at radius 2 is 1.90 bits per heavy atom. The molecule has 0 bridgehead atoms. The van der Waals surface area contributed by atoms with Gasteiger partial charge in [0.2, 0.25) is 5.91 Å². The first kappa shape index (κ1) is 15.1. The van der Waals surface area contributed by atoms with E-state index >= 15 is 0 Å². The molecule has 2 atom stereocenters. The van der Waals surface area contributed by atoms with Gasteiger partial charge in [0.1, 0.15) is 5.75 Å². The van der Waals surface area contributed by atoms with Crippen molar-refractivity contribution in [3.05, 3.63) is 35.9 Å². The summed E-state index contributed by atoms with van der Waals surface area (Å²) in [6, 6.07) is 6.91. The van der Waals surface area contributed by atoms with Gasteiger partial charge in [-0.15, -0.1) is 0 Å². The van der Waals surface area contributed by atoms with Crippen molar-refractivity contribution >= 4 is 17.6 Å². The van der Waals surface area contributed by atoms with Gasteiger partial charge in [-0.2, -0.15) is 0 Å². The zero-order valence-corrected chi connectivity index (χ0v) is 12.1. The largest absolute Gasteiger partial charge is 0.550 e. The molecule has 5 nitrogen and oxygen atoms in total. The van der Waals surface area contributed by atoms with Crippen LogP contribution in [0.5, 0.6) is 5.75 Å². The molecule has 0 aromatic heterocycles. The van der Waals surface area contributed by atoms with Crippen molar-refractivity contribution < 1.29 is 19.4 Å². The highest BCUT2D eigenvalue weighted by Gasteiger charge is 2.31. The molecule has 0 saturated heterocycles. The van der Waals surface area contributed by atoms with E-state index < -0.39 is 17.8 Å². The molecule has 21 heavy (non-hydrogen) atoms. The molecule has 1 aromatic rings. The SMILES string of the molecule is COc1ccc(NC(=O)[C@@H]2CC(C)=CC[C@@H]2C(=O)[O-])cc1. The molecule has 0 aliphatic heterocycles. The summed E-state index contributed by atoms with van der Waals surface area (Å²) < 4.78 is 5.05. The number of carbonyl (C=O) groups is 2. The number of amides is 1. The molecule has 1 aliphatic carbocycles. The summed E-state index contributed by atoms with van der Waals surface area (Å²) in [6.45, 7) is 1.90.